The summed E-state index contributed by atoms with van der Waals surface area (Å²) in [6.45, 7) is 6.76. The van der Waals surface area contributed by atoms with Crippen LogP contribution in [0.4, 0.5) is 5.69 Å². The number of fused-ring (bicyclic) bond motifs is 1. The van der Waals surface area contributed by atoms with E-state index in [1.165, 1.54) is 22.8 Å². The molecule has 0 aliphatic rings. The minimum Gasteiger partial charge on any atom is -0.479 e. The molecule has 25 heavy (non-hydrogen) atoms. The van der Waals surface area contributed by atoms with Crippen molar-refractivity contribution in [2.24, 2.45) is 0 Å². The van der Waals surface area contributed by atoms with Gasteiger partial charge in [-0.15, -0.1) is 0 Å². The van der Waals surface area contributed by atoms with Gasteiger partial charge in [0.2, 0.25) is 0 Å². The molecule has 1 N–H and O–H groups in total. The SMILES string of the molecule is C[Si](C)(C)CCOCn1c(OCC(=O)O)nc2ccc([N+](=O)[O-])cc21. The summed E-state index contributed by atoms with van der Waals surface area (Å²) in [5, 5.41) is 19.8. The van der Waals surface area contributed by atoms with Gasteiger partial charge in [-0.3, -0.25) is 14.7 Å². The lowest BCUT2D eigenvalue weighted by atomic mass is 10.3. The number of aromatic nitrogens is 2. The Labute approximate surface area is 145 Å². The Kier molecular flexibility index (Phi) is 5.75. The summed E-state index contributed by atoms with van der Waals surface area (Å²) >= 11 is 0. The van der Waals surface area contributed by atoms with E-state index < -0.39 is 25.6 Å². The molecule has 2 aromatic rings. The smallest absolute Gasteiger partial charge is 0.341 e. The number of nitrogens with zero attached hydrogens (tertiary/aromatic N) is 3. The predicted molar refractivity (Wildman–Crippen MR) is 93.6 cm³/mol. The maximum absolute atomic E-state index is 11.0. The Morgan fingerprint density at radius 3 is 2.72 bits per heavy atom. The van der Waals surface area contributed by atoms with Crippen molar-refractivity contribution in [2.45, 2.75) is 32.4 Å². The second-order valence-electron chi connectivity index (χ2n) is 6.78. The molecule has 10 heteroatoms. The van der Waals surface area contributed by atoms with Crippen LogP contribution in [0, 0.1) is 10.1 Å². The van der Waals surface area contributed by atoms with Crippen molar-refractivity contribution in [3.63, 3.8) is 0 Å². The summed E-state index contributed by atoms with van der Waals surface area (Å²) in [6, 6.07) is 5.24. The standard InChI is InChI=1S/C15H21N3O6Si/c1-25(2,3)7-6-23-10-17-13-8-11(18(21)22)4-5-12(13)16-15(17)24-9-14(19)20/h4-5,8H,6-7,9-10H2,1-3H3,(H,19,20). The Morgan fingerprint density at radius 1 is 1.40 bits per heavy atom. The first kappa shape index (κ1) is 18.9. The molecule has 0 aliphatic heterocycles. The number of aliphatic carboxylic acids is 1. The monoisotopic (exact) mass is 367 g/mol. The highest BCUT2D eigenvalue weighted by atomic mass is 28.3. The van der Waals surface area contributed by atoms with E-state index in [0.717, 1.165) is 6.04 Å². The molecule has 0 spiro atoms. The summed E-state index contributed by atoms with van der Waals surface area (Å²) in [4.78, 5) is 25.4. The molecule has 1 aromatic carbocycles. The molecule has 0 bridgehead atoms. The van der Waals surface area contributed by atoms with E-state index in [1.54, 1.807) is 0 Å². The fraction of sp³-hybridized carbons (Fsp3) is 0.467. The van der Waals surface area contributed by atoms with E-state index in [1.807, 2.05) is 0 Å². The summed E-state index contributed by atoms with van der Waals surface area (Å²) in [7, 11) is -1.25. The molecule has 0 saturated carbocycles. The number of carboxylic acids is 1. The third kappa shape index (κ3) is 5.26. The Hall–Kier alpha value is -2.46. The second kappa shape index (κ2) is 7.62. The van der Waals surface area contributed by atoms with Crippen molar-refractivity contribution in [2.75, 3.05) is 13.2 Å². The number of nitro groups is 1. The average Bonchev–Trinajstić information content (AvgIpc) is 2.85. The third-order valence-electron chi connectivity index (χ3n) is 3.45. The molecule has 9 nitrogen and oxygen atoms in total. The van der Waals surface area contributed by atoms with E-state index in [4.69, 9.17) is 14.6 Å². The number of hydrogen-bond donors (Lipinski definition) is 1. The number of carbonyl (C=O) groups is 1. The molecule has 0 fully saturated rings. The second-order valence-corrected chi connectivity index (χ2v) is 12.4. The topological polar surface area (TPSA) is 117 Å². The normalized spacial score (nSPS) is 11.6. The number of hydrogen-bond acceptors (Lipinski definition) is 6. The van der Waals surface area contributed by atoms with E-state index >= 15 is 0 Å². The average molecular weight is 367 g/mol. The van der Waals surface area contributed by atoms with Gasteiger partial charge in [-0.05, 0) is 12.1 Å². The van der Waals surface area contributed by atoms with E-state index in [2.05, 4.69) is 24.6 Å². The minimum absolute atomic E-state index is 0.0610. The van der Waals surface area contributed by atoms with Crippen molar-refractivity contribution >= 4 is 30.8 Å². The molecule has 0 aliphatic carbocycles. The fourth-order valence-electron chi connectivity index (χ4n) is 2.10. The molecule has 0 saturated heterocycles. The summed E-state index contributed by atoms with van der Waals surface area (Å²) < 4.78 is 12.4. The number of nitro benzene ring substituents is 1. The summed E-state index contributed by atoms with van der Waals surface area (Å²) in [5.41, 5.74) is 0.850. The zero-order valence-electron chi connectivity index (χ0n) is 14.4. The number of ether oxygens (including phenoxy) is 2. The van der Waals surface area contributed by atoms with Gasteiger partial charge < -0.3 is 14.6 Å². The number of rotatable bonds is 9. The van der Waals surface area contributed by atoms with Crippen LogP contribution in [0.1, 0.15) is 0 Å². The van der Waals surface area contributed by atoms with Crippen LogP contribution in [0.15, 0.2) is 18.2 Å². The number of imidazole rings is 1. The van der Waals surface area contributed by atoms with Gasteiger partial charge in [-0.1, -0.05) is 19.6 Å². The Morgan fingerprint density at radius 2 is 2.12 bits per heavy atom. The first-order valence-electron chi connectivity index (χ1n) is 7.74. The Balaban J connectivity index is 2.27. The lowest BCUT2D eigenvalue weighted by Crippen LogP contribution is -2.22. The molecule has 1 heterocycles. The molecule has 0 unspecified atom stereocenters. The van der Waals surface area contributed by atoms with Crippen molar-refractivity contribution in [1.29, 1.82) is 0 Å². The van der Waals surface area contributed by atoms with Crippen LogP contribution in [0.3, 0.4) is 0 Å². The van der Waals surface area contributed by atoms with E-state index in [0.29, 0.717) is 17.6 Å². The molecular formula is C15H21N3O6Si. The van der Waals surface area contributed by atoms with Crippen LogP contribution in [0.2, 0.25) is 25.7 Å². The van der Waals surface area contributed by atoms with Crippen LogP contribution >= 0.6 is 0 Å². The first-order valence-corrected chi connectivity index (χ1v) is 11.4. The maximum Gasteiger partial charge on any atom is 0.341 e. The zero-order valence-corrected chi connectivity index (χ0v) is 15.4. The van der Waals surface area contributed by atoms with Crippen LogP contribution in [-0.2, 0) is 16.3 Å². The number of carboxylic acid groups (broad SMARTS) is 1. The lowest BCUT2D eigenvalue weighted by molar-refractivity contribution is -0.384. The van der Waals surface area contributed by atoms with Gasteiger partial charge in [-0.2, -0.15) is 4.98 Å². The van der Waals surface area contributed by atoms with Gasteiger partial charge in [0.25, 0.3) is 11.7 Å². The van der Waals surface area contributed by atoms with Gasteiger partial charge in [0.1, 0.15) is 6.73 Å². The van der Waals surface area contributed by atoms with Gasteiger partial charge in [0.05, 0.1) is 16.0 Å². The number of non-ortho nitro benzene ring substituents is 1. The number of benzene rings is 1. The lowest BCUT2D eigenvalue weighted by Gasteiger charge is -2.16. The van der Waals surface area contributed by atoms with Crippen LogP contribution in [-0.4, -0.2) is 46.8 Å². The van der Waals surface area contributed by atoms with Gasteiger partial charge in [-0.25, -0.2) is 4.79 Å². The molecule has 2 rings (SSSR count). The van der Waals surface area contributed by atoms with E-state index in [-0.39, 0.29) is 18.4 Å². The molecule has 0 atom stereocenters. The largest absolute Gasteiger partial charge is 0.479 e. The summed E-state index contributed by atoms with van der Waals surface area (Å²) in [5.74, 6) is -1.13. The highest BCUT2D eigenvalue weighted by Crippen LogP contribution is 2.25. The van der Waals surface area contributed by atoms with Crippen molar-refractivity contribution in [3.8, 4) is 6.01 Å². The van der Waals surface area contributed by atoms with Crippen molar-refractivity contribution in [3.05, 3.63) is 28.3 Å². The van der Waals surface area contributed by atoms with Crippen LogP contribution in [0.25, 0.3) is 11.0 Å². The Bertz CT molecular complexity index is 783. The van der Waals surface area contributed by atoms with Gasteiger partial charge >= 0.3 is 5.97 Å². The maximum atomic E-state index is 11.0. The molecule has 0 radical (unpaired) electrons. The summed E-state index contributed by atoms with van der Waals surface area (Å²) in [6.07, 6.45) is 0. The fourth-order valence-corrected chi connectivity index (χ4v) is 2.85. The zero-order chi connectivity index (χ0) is 18.6. The molecule has 0 amide bonds. The first-order chi connectivity index (χ1) is 11.7. The molecule has 136 valence electrons. The minimum atomic E-state index is -1.25. The predicted octanol–water partition coefficient (Wildman–Crippen LogP) is 2.72. The van der Waals surface area contributed by atoms with Crippen molar-refractivity contribution in [1.82, 2.24) is 9.55 Å². The van der Waals surface area contributed by atoms with Gasteiger partial charge in [0.15, 0.2) is 6.61 Å². The van der Waals surface area contributed by atoms with Crippen LogP contribution < -0.4 is 4.74 Å². The van der Waals surface area contributed by atoms with Crippen molar-refractivity contribution < 1.29 is 24.3 Å². The van der Waals surface area contributed by atoms with E-state index in [9.17, 15) is 14.9 Å². The van der Waals surface area contributed by atoms with Gasteiger partial charge in [0, 0.05) is 26.8 Å². The highest BCUT2D eigenvalue weighted by molar-refractivity contribution is 6.76. The van der Waals surface area contributed by atoms with Crippen LogP contribution in [0.5, 0.6) is 6.01 Å². The molecular weight excluding hydrogens is 346 g/mol. The molecule has 1 aromatic heterocycles. The third-order valence-corrected chi connectivity index (χ3v) is 5.15. The quantitative estimate of drug-likeness (QED) is 0.313. The highest BCUT2D eigenvalue weighted by Gasteiger charge is 2.18.